The van der Waals surface area contributed by atoms with Crippen molar-refractivity contribution in [1.82, 2.24) is 9.80 Å². The summed E-state index contributed by atoms with van der Waals surface area (Å²) in [6, 6.07) is 5.66. The van der Waals surface area contributed by atoms with Crippen LogP contribution in [-0.2, 0) is 6.54 Å². The summed E-state index contributed by atoms with van der Waals surface area (Å²) >= 11 is 0. The summed E-state index contributed by atoms with van der Waals surface area (Å²) in [6.07, 6.45) is 1.16. The van der Waals surface area contributed by atoms with E-state index in [-0.39, 0.29) is 5.69 Å². The number of nitro benzene ring substituents is 1. The van der Waals surface area contributed by atoms with Crippen molar-refractivity contribution in [3.63, 3.8) is 0 Å². The first-order valence-corrected chi connectivity index (χ1v) is 7.51. The quantitative estimate of drug-likeness (QED) is 0.511. The normalized spacial score (nSPS) is 18.6. The topological polar surface area (TPSA) is 75.6 Å². The van der Waals surface area contributed by atoms with Crippen LogP contribution in [0.3, 0.4) is 0 Å². The highest BCUT2D eigenvalue weighted by atomic mass is 16.6. The molecule has 0 spiro atoms. The standard InChI is InChI=1S/C15H24N4O2/c1-3-12(2)18-9-7-17(8-10-18)11-13-5-4-6-14(15(13)16)19(20)21/h4-6,12H,3,7-11,16H2,1-2H3. The molecule has 1 atom stereocenters. The third kappa shape index (κ3) is 3.71. The number of benzene rings is 1. The monoisotopic (exact) mass is 292 g/mol. The van der Waals surface area contributed by atoms with Gasteiger partial charge in [-0.2, -0.15) is 0 Å². The fourth-order valence-electron chi connectivity index (χ4n) is 2.76. The summed E-state index contributed by atoms with van der Waals surface area (Å²) in [5.41, 5.74) is 7.07. The SMILES string of the molecule is CCC(C)N1CCN(Cc2cccc([N+](=O)[O-])c2N)CC1. The molecule has 21 heavy (non-hydrogen) atoms. The van der Waals surface area contributed by atoms with E-state index >= 15 is 0 Å². The number of nitrogens with zero attached hydrogens (tertiary/aromatic N) is 3. The van der Waals surface area contributed by atoms with Gasteiger partial charge in [0.1, 0.15) is 5.69 Å². The van der Waals surface area contributed by atoms with E-state index in [4.69, 9.17) is 5.73 Å². The second-order valence-corrected chi connectivity index (χ2v) is 5.68. The molecule has 1 heterocycles. The van der Waals surface area contributed by atoms with Gasteiger partial charge in [-0.1, -0.05) is 19.1 Å². The van der Waals surface area contributed by atoms with Crippen molar-refractivity contribution in [2.24, 2.45) is 0 Å². The predicted octanol–water partition coefficient (Wildman–Crippen LogP) is 2.09. The third-order valence-electron chi connectivity index (χ3n) is 4.39. The Labute approximate surface area is 125 Å². The Balaban J connectivity index is 1.98. The zero-order valence-electron chi connectivity index (χ0n) is 12.8. The lowest BCUT2D eigenvalue weighted by atomic mass is 10.1. The summed E-state index contributed by atoms with van der Waals surface area (Å²) in [5.74, 6) is 0. The maximum absolute atomic E-state index is 10.9. The highest BCUT2D eigenvalue weighted by Crippen LogP contribution is 2.26. The Morgan fingerprint density at radius 2 is 2.00 bits per heavy atom. The second-order valence-electron chi connectivity index (χ2n) is 5.68. The summed E-state index contributed by atoms with van der Waals surface area (Å²) in [7, 11) is 0. The largest absolute Gasteiger partial charge is 0.393 e. The molecule has 2 N–H and O–H groups in total. The van der Waals surface area contributed by atoms with E-state index in [2.05, 4.69) is 23.6 Å². The Bertz CT molecular complexity index is 498. The molecule has 1 aromatic carbocycles. The van der Waals surface area contributed by atoms with Crippen molar-refractivity contribution in [2.75, 3.05) is 31.9 Å². The summed E-state index contributed by atoms with van der Waals surface area (Å²) < 4.78 is 0. The van der Waals surface area contributed by atoms with Crippen LogP contribution in [0.4, 0.5) is 11.4 Å². The third-order valence-corrected chi connectivity index (χ3v) is 4.39. The lowest BCUT2D eigenvalue weighted by Gasteiger charge is -2.37. The van der Waals surface area contributed by atoms with E-state index in [1.807, 2.05) is 6.07 Å². The molecule has 0 radical (unpaired) electrons. The van der Waals surface area contributed by atoms with Gasteiger partial charge in [-0.25, -0.2) is 0 Å². The summed E-state index contributed by atoms with van der Waals surface area (Å²) in [6.45, 7) is 9.20. The maximum atomic E-state index is 10.9. The van der Waals surface area contributed by atoms with Gasteiger partial charge in [0.25, 0.3) is 5.69 Å². The van der Waals surface area contributed by atoms with Gasteiger partial charge in [0.05, 0.1) is 4.92 Å². The van der Waals surface area contributed by atoms with Crippen molar-refractivity contribution >= 4 is 11.4 Å². The molecule has 0 amide bonds. The average Bonchev–Trinajstić information content (AvgIpc) is 2.49. The number of hydrogen-bond donors (Lipinski definition) is 1. The number of rotatable bonds is 5. The van der Waals surface area contributed by atoms with Crippen molar-refractivity contribution in [3.05, 3.63) is 33.9 Å². The van der Waals surface area contributed by atoms with Crippen LogP contribution in [0.15, 0.2) is 18.2 Å². The molecule has 1 unspecified atom stereocenters. The highest BCUT2D eigenvalue weighted by molar-refractivity contribution is 5.62. The maximum Gasteiger partial charge on any atom is 0.292 e. The summed E-state index contributed by atoms with van der Waals surface area (Å²) in [5, 5.41) is 10.9. The zero-order valence-corrected chi connectivity index (χ0v) is 12.8. The molecule has 1 aliphatic rings. The number of para-hydroxylation sites is 1. The molecule has 2 rings (SSSR count). The van der Waals surface area contributed by atoms with E-state index in [9.17, 15) is 10.1 Å². The van der Waals surface area contributed by atoms with Gasteiger partial charge in [-0.05, 0) is 18.9 Å². The zero-order chi connectivity index (χ0) is 15.4. The van der Waals surface area contributed by atoms with Crippen molar-refractivity contribution < 1.29 is 4.92 Å². The van der Waals surface area contributed by atoms with Crippen molar-refractivity contribution in [3.8, 4) is 0 Å². The lowest BCUT2D eigenvalue weighted by Crippen LogP contribution is -2.49. The molecular formula is C15H24N4O2. The molecule has 1 saturated heterocycles. The predicted molar refractivity (Wildman–Crippen MR) is 84.1 cm³/mol. The molecule has 6 heteroatoms. The van der Waals surface area contributed by atoms with Crippen LogP contribution in [0.25, 0.3) is 0 Å². The van der Waals surface area contributed by atoms with E-state index in [0.29, 0.717) is 18.3 Å². The number of nitro groups is 1. The van der Waals surface area contributed by atoms with E-state index in [1.54, 1.807) is 6.07 Å². The number of nitrogen functional groups attached to an aromatic ring is 1. The van der Waals surface area contributed by atoms with Crippen molar-refractivity contribution in [1.29, 1.82) is 0 Å². The Hall–Kier alpha value is -1.66. The first-order valence-electron chi connectivity index (χ1n) is 7.51. The molecule has 0 bridgehead atoms. The van der Waals surface area contributed by atoms with Gasteiger partial charge in [-0.15, -0.1) is 0 Å². The molecule has 116 valence electrons. The van der Waals surface area contributed by atoms with Crippen LogP contribution in [0.1, 0.15) is 25.8 Å². The molecule has 1 aromatic rings. The molecule has 0 saturated carbocycles. The van der Waals surface area contributed by atoms with E-state index < -0.39 is 4.92 Å². The van der Waals surface area contributed by atoms with Crippen LogP contribution in [-0.4, -0.2) is 46.9 Å². The Morgan fingerprint density at radius 1 is 1.33 bits per heavy atom. The van der Waals surface area contributed by atoms with Crippen LogP contribution in [0.2, 0.25) is 0 Å². The number of hydrogen-bond acceptors (Lipinski definition) is 5. The number of nitrogens with two attached hydrogens (primary N) is 1. The lowest BCUT2D eigenvalue weighted by molar-refractivity contribution is -0.384. The molecular weight excluding hydrogens is 268 g/mol. The number of anilines is 1. The van der Waals surface area contributed by atoms with Gasteiger partial charge >= 0.3 is 0 Å². The number of piperazine rings is 1. The molecule has 0 aliphatic carbocycles. The smallest absolute Gasteiger partial charge is 0.292 e. The van der Waals surface area contributed by atoms with Gasteiger partial charge < -0.3 is 5.73 Å². The first-order chi connectivity index (χ1) is 10.0. The average molecular weight is 292 g/mol. The highest BCUT2D eigenvalue weighted by Gasteiger charge is 2.22. The van der Waals surface area contributed by atoms with Gasteiger partial charge in [0, 0.05) is 44.8 Å². The van der Waals surface area contributed by atoms with Crippen LogP contribution in [0.5, 0.6) is 0 Å². The van der Waals surface area contributed by atoms with Gasteiger partial charge in [0.15, 0.2) is 0 Å². The first kappa shape index (κ1) is 15.7. The van der Waals surface area contributed by atoms with Crippen LogP contribution >= 0.6 is 0 Å². The minimum absolute atomic E-state index is 0.00532. The van der Waals surface area contributed by atoms with Crippen LogP contribution < -0.4 is 5.73 Å². The molecule has 0 aromatic heterocycles. The molecule has 1 aliphatic heterocycles. The van der Waals surface area contributed by atoms with Gasteiger partial charge in [0.2, 0.25) is 0 Å². The Kier molecular flexibility index (Phi) is 5.14. The molecule has 6 nitrogen and oxygen atoms in total. The van der Waals surface area contributed by atoms with Crippen LogP contribution in [0, 0.1) is 10.1 Å². The van der Waals surface area contributed by atoms with E-state index in [0.717, 1.165) is 38.2 Å². The van der Waals surface area contributed by atoms with E-state index in [1.165, 1.54) is 6.07 Å². The summed E-state index contributed by atoms with van der Waals surface area (Å²) in [4.78, 5) is 15.3. The Morgan fingerprint density at radius 3 is 2.57 bits per heavy atom. The fourth-order valence-corrected chi connectivity index (χ4v) is 2.76. The second kappa shape index (κ2) is 6.87. The fraction of sp³-hybridized carbons (Fsp3) is 0.600. The van der Waals surface area contributed by atoms with Gasteiger partial charge in [-0.3, -0.25) is 19.9 Å². The minimum atomic E-state index is -0.417. The van der Waals surface area contributed by atoms with Crippen molar-refractivity contribution in [2.45, 2.75) is 32.9 Å². The minimum Gasteiger partial charge on any atom is -0.393 e. The molecule has 1 fully saturated rings.